The molecule has 2 rings (SSSR count). The van der Waals surface area contributed by atoms with Crippen molar-refractivity contribution in [2.45, 2.75) is 20.5 Å². The third-order valence-electron chi connectivity index (χ3n) is 3.47. The van der Waals surface area contributed by atoms with Crippen molar-refractivity contribution in [3.63, 3.8) is 0 Å². The fourth-order valence-corrected chi connectivity index (χ4v) is 2.15. The van der Waals surface area contributed by atoms with Crippen molar-refractivity contribution in [2.75, 3.05) is 13.7 Å². The summed E-state index contributed by atoms with van der Waals surface area (Å²) in [5.41, 5.74) is 1.52. The van der Waals surface area contributed by atoms with Crippen LogP contribution in [0.15, 0.2) is 42.5 Å². The summed E-state index contributed by atoms with van der Waals surface area (Å²) in [6.45, 7) is 4.70. The van der Waals surface area contributed by atoms with E-state index in [1.807, 2.05) is 0 Å². The average molecular weight is 339 g/mol. The molecular weight excluding hydrogens is 318 g/mol. The maximum absolute atomic E-state index is 12.3. The number of nitriles is 1. The van der Waals surface area contributed by atoms with Crippen LogP contribution in [-0.4, -0.2) is 19.7 Å². The van der Waals surface area contributed by atoms with Crippen molar-refractivity contribution in [1.29, 1.82) is 5.26 Å². The van der Waals surface area contributed by atoms with E-state index in [-0.39, 0.29) is 6.61 Å². The molecule has 0 N–H and O–H groups in total. The second-order valence-corrected chi connectivity index (χ2v) is 5.92. The topological polar surface area (TPSA) is 68.5 Å². The van der Waals surface area contributed by atoms with E-state index < -0.39 is 5.97 Å². The molecule has 0 aliphatic carbocycles. The first kappa shape index (κ1) is 18.3. The zero-order valence-electron chi connectivity index (χ0n) is 14.6. The highest BCUT2D eigenvalue weighted by molar-refractivity contribution is 5.90. The molecule has 2 aromatic rings. The van der Waals surface area contributed by atoms with Gasteiger partial charge in [-0.3, -0.25) is 0 Å². The van der Waals surface area contributed by atoms with Crippen molar-refractivity contribution < 1.29 is 19.0 Å². The minimum Gasteiger partial charge on any atom is -0.493 e. The number of nitrogens with zero attached hydrogens (tertiary/aromatic N) is 1. The second kappa shape index (κ2) is 8.74. The van der Waals surface area contributed by atoms with Crippen LogP contribution in [0, 0.1) is 17.2 Å². The number of methoxy groups -OCH3 is 1. The van der Waals surface area contributed by atoms with Gasteiger partial charge in [0.2, 0.25) is 0 Å². The summed E-state index contributed by atoms with van der Waals surface area (Å²) < 4.78 is 16.3. The van der Waals surface area contributed by atoms with Crippen LogP contribution >= 0.6 is 0 Å². The lowest BCUT2D eigenvalue weighted by molar-refractivity contribution is 0.0472. The third-order valence-corrected chi connectivity index (χ3v) is 3.47. The van der Waals surface area contributed by atoms with Gasteiger partial charge < -0.3 is 14.2 Å². The molecular formula is C20H21NO4. The zero-order chi connectivity index (χ0) is 18.2. The molecule has 0 saturated heterocycles. The summed E-state index contributed by atoms with van der Waals surface area (Å²) in [4.78, 5) is 12.3. The Hall–Kier alpha value is -3.00. The molecule has 0 amide bonds. The quantitative estimate of drug-likeness (QED) is 0.714. The molecule has 0 saturated carbocycles. The summed E-state index contributed by atoms with van der Waals surface area (Å²) >= 11 is 0. The summed E-state index contributed by atoms with van der Waals surface area (Å²) in [5, 5.41) is 9.07. The molecule has 0 unspecified atom stereocenters. The van der Waals surface area contributed by atoms with Crippen LogP contribution in [0.5, 0.6) is 11.5 Å². The molecule has 0 aliphatic rings. The molecule has 0 heterocycles. The molecule has 5 heteroatoms. The van der Waals surface area contributed by atoms with E-state index in [2.05, 4.69) is 19.9 Å². The summed E-state index contributed by atoms with van der Waals surface area (Å²) in [7, 11) is 1.52. The summed E-state index contributed by atoms with van der Waals surface area (Å²) in [5.74, 6) is 0.964. The molecule has 2 aromatic carbocycles. The largest absolute Gasteiger partial charge is 0.493 e. The van der Waals surface area contributed by atoms with Gasteiger partial charge >= 0.3 is 5.97 Å². The van der Waals surface area contributed by atoms with E-state index in [1.54, 1.807) is 42.5 Å². The van der Waals surface area contributed by atoms with E-state index in [1.165, 1.54) is 7.11 Å². The Morgan fingerprint density at radius 3 is 2.60 bits per heavy atom. The lowest BCUT2D eigenvalue weighted by atomic mass is 10.1. The van der Waals surface area contributed by atoms with Crippen molar-refractivity contribution in [2.24, 2.45) is 5.92 Å². The molecule has 0 aliphatic heterocycles. The molecule has 0 spiro atoms. The van der Waals surface area contributed by atoms with Gasteiger partial charge in [-0.1, -0.05) is 32.0 Å². The molecule has 0 atom stereocenters. The van der Waals surface area contributed by atoms with Crippen LogP contribution in [0.3, 0.4) is 0 Å². The van der Waals surface area contributed by atoms with Crippen molar-refractivity contribution in [1.82, 2.24) is 0 Å². The van der Waals surface area contributed by atoms with Crippen LogP contribution in [0.1, 0.15) is 35.3 Å². The number of hydrogen-bond acceptors (Lipinski definition) is 5. The highest BCUT2D eigenvalue weighted by Crippen LogP contribution is 2.29. The van der Waals surface area contributed by atoms with E-state index in [9.17, 15) is 4.79 Å². The lowest BCUT2D eigenvalue weighted by Crippen LogP contribution is -2.08. The number of benzene rings is 2. The molecule has 0 fully saturated rings. The van der Waals surface area contributed by atoms with Gasteiger partial charge in [-0.05, 0) is 30.2 Å². The predicted molar refractivity (Wildman–Crippen MR) is 93.6 cm³/mol. The second-order valence-electron chi connectivity index (χ2n) is 5.92. The highest BCUT2D eigenvalue weighted by atomic mass is 16.5. The first-order chi connectivity index (χ1) is 12.0. The van der Waals surface area contributed by atoms with E-state index >= 15 is 0 Å². The normalized spacial score (nSPS) is 10.2. The van der Waals surface area contributed by atoms with Crippen LogP contribution < -0.4 is 9.47 Å². The van der Waals surface area contributed by atoms with E-state index in [0.29, 0.717) is 40.7 Å². The predicted octanol–water partition coefficient (Wildman–Crippen LogP) is 3.96. The van der Waals surface area contributed by atoms with Crippen LogP contribution in [0.25, 0.3) is 0 Å². The highest BCUT2D eigenvalue weighted by Gasteiger charge is 2.13. The molecule has 0 aromatic heterocycles. The maximum Gasteiger partial charge on any atom is 0.338 e. The minimum atomic E-state index is -0.485. The molecule has 130 valence electrons. The summed E-state index contributed by atoms with van der Waals surface area (Å²) in [6, 6.07) is 14.0. The molecule has 0 bridgehead atoms. The Kier molecular flexibility index (Phi) is 6.41. The molecule has 5 nitrogen and oxygen atoms in total. The van der Waals surface area contributed by atoms with Crippen molar-refractivity contribution in [3.05, 3.63) is 59.2 Å². The first-order valence-electron chi connectivity index (χ1n) is 8.01. The number of carbonyl (C=O) groups excluding carboxylic acids is 1. The van der Waals surface area contributed by atoms with Crippen molar-refractivity contribution in [3.8, 4) is 17.6 Å². The number of ether oxygens (including phenoxy) is 3. The first-order valence-corrected chi connectivity index (χ1v) is 8.01. The van der Waals surface area contributed by atoms with Gasteiger partial charge in [-0.15, -0.1) is 0 Å². The molecule has 25 heavy (non-hydrogen) atoms. The third kappa shape index (κ3) is 4.98. The SMILES string of the molecule is COc1cc(C(=O)OCc2ccccc2C#N)ccc1OCC(C)C. The van der Waals surface area contributed by atoms with Crippen LogP contribution in [0.2, 0.25) is 0 Å². The van der Waals surface area contributed by atoms with E-state index in [0.717, 1.165) is 0 Å². The standard InChI is InChI=1S/C20H21NO4/c1-14(2)12-24-18-9-8-15(10-19(18)23-3)20(22)25-13-17-7-5-4-6-16(17)11-21/h4-10,14H,12-13H2,1-3H3. The lowest BCUT2D eigenvalue weighted by Gasteiger charge is -2.13. The Labute approximate surface area is 147 Å². The summed E-state index contributed by atoms with van der Waals surface area (Å²) in [6.07, 6.45) is 0. The average Bonchev–Trinajstić information content (AvgIpc) is 2.64. The van der Waals surface area contributed by atoms with Gasteiger partial charge in [0.05, 0.1) is 30.9 Å². The van der Waals surface area contributed by atoms with Gasteiger partial charge in [0.1, 0.15) is 6.61 Å². The Bertz CT molecular complexity index is 778. The fourth-order valence-electron chi connectivity index (χ4n) is 2.15. The van der Waals surface area contributed by atoms with Gasteiger partial charge in [0, 0.05) is 5.56 Å². The fraction of sp³-hybridized carbons (Fsp3) is 0.300. The van der Waals surface area contributed by atoms with Gasteiger partial charge in [-0.25, -0.2) is 4.79 Å². The maximum atomic E-state index is 12.3. The van der Waals surface area contributed by atoms with Gasteiger partial charge in [0.25, 0.3) is 0 Å². The monoisotopic (exact) mass is 339 g/mol. The number of rotatable bonds is 7. The van der Waals surface area contributed by atoms with Crippen LogP contribution in [-0.2, 0) is 11.3 Å². The number of carbonyl (C=O) groups is 1. The minimum absolute atomic E-state index is 0.0382. The van der Waals surface area contributed by atoms with Gasteiger partial charge in [0.15, 0.2) is 11.5 Å². The smallest absolute Gasteiger partial charge is 0.338 e. The number of esters is 1. The number of hydrogen-bond donors (Lipinski definition) is 0. The zero-order valence-corrected chi connectivity index (χ0v) is 14.6. The van der Waals surface area contributed by atoms with Crippen LogP contribution in [0.4, 0.5) is 0 Å². The Balaban J connectivity index is 2.07. The van der Waals surface area contributed by atoms with E-state index in [4.69, 9.17) is 19.5 Å². The Morgan fingerprint density at radius 1 is 1.16 bits per heavy atom. The van der Waals surface area contributed by atoms with Crippen molar-refractivity contribution >= 4 is 5.97 Å². The van der Waals surface area contributed by atoms with Gasteiger partial charge in [-0.2, -0.15) is 5.26 Å². The molecule has 0 radical (unpaired) electrons. The Morgan fingerprint density at radius 2 is 1.92 bits per heavy atom.